The van der Waals surface area contributed by atoms with Crippen LogP contribution in [0.1, 0.15) is 28.1 Å². The Balaban J connectivity index is 1.97. The Morgan fingerprint density at radius 3 is 2.54 bits per heavy atom. The Hall–Kier alpha value is -3.10. The number of aliphatic hydroxyl groups excluding tert-OH is 1. The molecule has 2 heterocycles. The van der Waals surface area contributed by atoms with Gasteiger partial charge in [0.1, 0.15) is 0 Å². The van der Waals surface area contributed by atoms with Crippen LogP contribution in [0.4, 0.5) is 0 Å². The summed E-state index contributed by atoms with van der Waals surface area (Å²) in [5.74, 6) is 6.87. The second kappa shape index (κ2) is 7.42. The summed E-state index contributed by atoms with van der Waals surface area (Å²) in [7, 11) is 0. The van der Waals surface area contributed by atoms with Crippen molar-refractivity contribution in [3.05, 3.63) is 81.3 Å². The highest BCUT2D eigenvalue weighted by molar-refractivity contribution is 5.48. The molecule has 3 rings (SSSR count). The van der Waals surface area contributed by atoms with Gasteiger partial charge in [-0.15, -0.1) is 0 Å². The van der Waals surface area contributed by atoms with Crippen molar-refractivity contribution in [1.29, 1.82) is 0 Å². The minimum Gasteiger partial charge on any atom is -0.395 e. The maximum Gasteiger partial charge on any atom is 0.252 e. The number of pyridine rings is 1. The van der Waals surface area contributed by atoms with Crippen LogP contribution in [-0.2, 0) is 6.54 Å². The van der Waals surface area contributed by atoms with E-state index in [1.807, 2.05) is 13.0 Å². The Labute approximate surface area is 152 Å². The van der Waals surface area contributed by atoms with E-state index < -0.39 is 0 Å². The SMILES string of the molecule is Cc1cc(C)c(C#Cc2nccn2-c2ccn(CCO)c(=O)c2)cc1C. The Morgan fingerprint density at radius 1 is 1.04 bits per heavy atom. The van der Waals surface area contributed by atoms with Crippen LogP contribution in [0.5, 0.6) is 0 Å². The van der Waals surface area contributed by atoms with E-state index >= 15 is 0 Å². The summed E-state index contributed by atoms with van der Waals surface area (Å²) in [6.07, 6.45) is 5.11. The molecule has 0 aliphatic rings. The zero-order valence-electron chi connectivity index (χ0n) is 15.2. The number of aryl methyl sites for hydroxylation is 3. The first-order chi connectivity index (χ1) is 12.5. The minimum absolute atomic E-state index is 0.0730. The monoisotopic (exact) mass is 347 g/mol. The molecule has 26 heavy (non-hydrogen) atoms. The Kier molecular flexibility index (Phi) is 5.06. The fourth-order valence-corrected chi connectivity index (χ4v) is 2.76. The van der Waals surface area contributed by atoms with Gasteiger partial charge in [0.2, 0.25) is 0 Å². The molecule has 0 fully saturated rings. The number of nitrogens with zero attached hydrogens (tertiary/aromatic N) is 3. The van der Waals surface area contributed by atoms with Gasteiger partial charge in [-0.25, -0.2) is 4.98 Å². The van der Waals surface area contributed by atoms with Gasteiger partial charge in [-0.2, -0.15) is 0 Å². The summed E-state index contributed by atoms with van der Waals surface area (Å²) in [5.41, 5.74) is 5.08. The van der Waals surface area contributed by atoms with Gasteiger partial charge in [0.25, 0.3) is 5.56 Å². The van der Waals surface area contributed by atoms with Crippen LogP contribution in [0.25, 0.3) is 5.69 Å². The smallest absolute Gasteiger partial charge is 0.252 e. The normalized spacial score (nSPS) is 10.5. The third-order valence-electron chi connectivity index (χ3n) is 4.39. The van der Waals surface area contributed by atoms with Crippen LogP contribution < -0.4 is 5.56 Å². The van der Waals surface area contributed by atoms with Crippen molar-refractivity contribution in [3.63, 3.8) is 0 Å². The van der Waals surface area contributed by atoms with Crippen molar-refractivity contribution in [1.82, 2.24) is 14.1 Å². The van der Waals surface area contributed by atoms with Gasteiger partial charge in [-0.05, 0) is 55.5 Å². The summed E-state index contributed by atoms with van der Waals surface area (Å²) in [4.78, 5) is 16.4. The molecule has 0 spiro atoms. The average molecular weight is 347 g/mol. The largest absolute Gasteiger partial charge is 0.395 e. The van der Waals surface area contributed by atoms with Crippen LogP contribution in [0, 0.1) is 32.6 Å². The van der Waals surface area contributed by atoms with E-state index in [1.54, 1.807) is 23.2 Å². The van der Waals surface area contributed by atoms with Crippen LogP contribution in [0.3, 0.4) is 0 Å². The number of aromatic nitrogens is 3. The van der Waals surface area contributed by atoms with Crippen molar-refractivity contribution in [3.8, 4) is 17.5 Å². The zero-order chi connectivity index (χ0) is 18.7. The molecule has 3 aromatic rings. The van der Waals surface area contributed by atoms with E-state index in [1.165, 1.54) is 21.8 Å². The van der Waals surface area contributed by atoms with Crippen molar-refractivity contribution in [2.75, 3.05) is 6.61 Å². The first kappa shape index (κ1) is 17.7. The molecule has 0 saturated heterocycles. The highest BCUT2D eigenvalue weighted by Crippen LogP contribution is 2.15. The van der Waals surface area contributed by atoms with Gasteiger partial charge in [0.05, 0.1) is 12.3 Å². The first-order valence-electron chi connectivity index (χ1n) is 8.44. The van der Waals surface area contributed by atoms with E-state index in [4.69, 9.17) is 5.11 Å². The van der Waals surface area contributed by atoms with E-state index in [2.05, 4.69) is 42.8 Å². The lowest BCUT2D eigenvalue weighted by atomic mass is 10.0. The van der Waals surface area contributed by atoms with Crippen molar-refractivity contribution in [2.45, 2.75) is 27.3 Å². The lowest BCUT2D eigenvalue weighted by molar-refractivity contribution is 0.274. The third kappa shape index (κ3) is 3.61. The topological polar surface area (TPSA) is 60.1 Å². The lowest BCUT2D eigenvalue weighted by Gasteiger charge is -2.07. The second-order valence-corrected chi connectivity index (χ2v) is 6.26. The molecule has 0 amide bonds. The molecule has 0 atom stereocenters. The molecule has 1 aromatic carbocycles. The van der Waals surface area contributed by atoms with Crippen molar-refractivity contribution >= 4 is 0 Å². The van der Waals surface area contributed by atoms with Gasteiger partial charge < -0.3 is 9.67 Å². The maximum absolute atomic E-state index is 12.1. The maximum atomic E-state index is 12.1. The molecule has 0 radical (unpaired) electrons. The summed E-state index contributed by atoms with van der Waals surface area (Å²) >= 11 is 0. The third-order valence-corrected chi connectivity index (χ3v) is 4.39. The number of hydrogen-bond donors (Lipinski definition) is 1. The van der Waals surface area contributed by atoms with Crippen molar-refractivity contribution < 1.29 is 5.11 Å². The molecule has 132 valence electrons. The molecular formula is C21H21N3O2. The lowest BCUT2D eigenvalue weighted by Crippen LogP contribution is -2.21. The van der Waals surface area contributed by atoms with Crippen LogP contribution in [0.2, 0.25) is 0 Å². The van der Waals surface area contributed by atoms with E-state index in [9.17, 15) is 4.79 Å². The molecule has 0 bridgehead atoms. The Bertz CT molecular complexity index is 1060. The number of benzene rings is 1. The highest BCUT2D eigenvalue weighted by atomic mass is 16.3. The zero-order valence-corrected chi connectivity index (χ0v) is 15.2. The van der Waals surface area contributed by atoms with Gasteiger partial charge in [0.15, 0.2) is 5.82 Å². The molecule has 0 unspecified atom stereocenters. The predicted octanol–water partition coefficient (Wildman–Crippen LogP) is 2.35. The Morgan fingerprint density at radius 2 is 1.81 bits per heavy atom. The standard InChI is InChI=1S/C21H21N3O2/c1-15-12-17(3)18(13-16(15)2)4-5-20-22-7-9-24(20)19-6-8-23(10-11-25)21(26)14-19/h6-9,12-14,25H,10-11H2,1-3H3. The fraction of sp³-hybridized carbons (Fsp3) is 0.238. The molecule has 0 aliphatic carbocycles. The molecule has 5 heteroatoms. The molecule has 2 aromatic heterocycles. The summed E-state index contributed by atoms with van der Waals surface area (Å²) in [5, 5.41) is 8.99. The van der Waals surface area contributed by atoms with Crippen LogP contribution in [-0.4, -0.2) is 25.8 Å². The first-order valence-corrected chi connectivity index (χ1v) is 8.44. The van der Waals surface area contributed by atoms with E-state index in [0.29, 0.717) is 11.5 Å². The summed E-state index contributed by atoms with van der Waals surface area (Å²) in [6, 6.07) is 7.54. The molecular weight excluding hydrogens is 326 g/mol. The molecule has 5 nitrogen and oxygen atoms in total. The minimum atomic E-state index is -0.172. The van der Waals surface area contributed by atoms with Gasteiger partial charge >= 0.3 is 0 Å². The molecule has 1 N–H and O–H groups in total. The highest BCUT2D eigenvalue weighted by Gasteiger charge is 2.05. The van der Waals surface area contributed by atoms with Crippen LogP contribution >= 0.6 is 0 Å². The quantitative estimate of drug-likeness (QED) is 0.740. The second-order valence-electron chi connectivity index (χ2n) is 6.26. The number of rotatable bonds is 3. The van der Waals surface area contributed by atoms with Gasteiger partial charge in [-0.1, -0.05) is 12.0 Å². The van der Waals surface area contributed by atoms with Crippen molar-refractivity contribution in [2.24, 2.45) is 0 Å². The molecule has 0 aliphatic heterocycles. The fourth-order valence-electron chi connectivity index (χ4n) is 2.76. The van der Waals surface area contributed by atoms with E-state index in [-0.39, 0.29) is 18.7 Å². The summed E-state index contributed by atoms with van der Waals surface area (Å²) in [6.45, 7) is 6.41. The van der Waals surface area contributed by atoms with Crippen LogP contribution in [0.15, 0.2) is 47.7 Å². The predicted molar refractivity (Wildman–Crippen MR) is 102 cm³/mol. The van der Waals surface area contributed by atoms with Gasteiger partial charge in [-0.3, -0.25) is 9.36 Å². The van der Waals surface area contributed by atoms with Gasteiger partial charge in [0, 0.05) is 36.8 Å². The van der Waals surface area contributed by atoms with E-state index in [0.717, 1.165) is 11.1 Å². The molecule has 0 saturated carbocycles. The summed E-state index contributed by atoms with van der Waals surface area (Å²) < 4.78 is 3.25. The number of hydrogen-bond acceptors (Lipinski definition) is 3. The average Bonchev–Trinajstić information content (AvgIpc) is 3.07. The number of imidazole rings is 1. The number of aliphatic hydroxyl groups is 1.